The number of carbonyl (C=O) groups excluding carboxylic acids is 1. The van der Waals surface area contributed by atoms with E-state index < -0.39 is 0 Å². The predicted molar refractivity (Wildman–Crippen MR) is 60.5 cm³/mol. The van der Waals surface area contributed by atoms with Crippen LogP contribution in [0.25, 0.3) is 0 Å². The number of hydrogen-bond donors (Lipinski definition) is 0. The molecule has 1 rings (SSSR count). The average Bonchev–Trinajstić information content (AvgIpc) is 2.16. The fourth-order valence-electron chi connectivity index (χ4n) is 1.52. The molecule has 0 bridgehead atoms. The SMILES string of the molecule is C=C(C)C1CC=C(C)/C(=N\OC(C)=O)C1. The summed E-state index contributed by atoms with van der Waals surface area (Å²) in [6.07, 6.45) is 3.93. The van der Waals surface area contributed by atoms with Crippen LogP contribution in [0.15, 0.2) is 29.0 Å². The number of hydrogen-bond acceptors (Lipinski definition) is 3. The third-order valence-electron chi connectivity index (χ3n) is 2.58. The molecule has 0 saturated carbocycles. The van der Waals surface area contributed by atoms with E-state index in [1.54, 1.807) is 0 Å². The minimum absolute atomic E-state index is 0.382. The monoisotopic (exact) mass is 207 g/mol. The van der Waals surface area contributed by atoms with Gasteiger partial charge in [0.05, 0.1) is 5.71 Å². The molecular weight excluding hydrogens is 190 g/mol. The highest BCUT2D eigenvalue weighted by atomic mass is 16.7. The van der Waals surface area contributed by atoms with Gasteiger partial charge in [0.25, 0.3) is 0 Å². The molecule has 1 unspecified atom stereocenters. The van der Waals surface area contributed by atoms with Crippen LogP contribution in [0.5, 0.6) is 0 Å². The van der Waals surface area contributed by atoms with Crippen LogP contribution >= 0.6 is 0 Å². The van der Waals surface area contributed by atoms with Gasteiger partial charge in [-0.2, -0.15) is 0 Å². The summed E-state index contributed by atoms with van der Waals surface area (Å²) in [4.78, 5) is 15.3. The molecule has 0 aromatic carbocycles. The van der Waals surface area contributed by atoms with Crippen molar-refractivity contribution in [3.05, 3.63) is 23.8 Å². The molecule has 1 atom stereocenters. The zero-order valence-corrected chi connectivity index (χ0v) is 9.54. The molecule has 0 N–H and O–H groups in total. The minimum Gasteiger partial charge on any atom is -0.318 e. The lowest BCUT2D eigenvalue weighted by atomic mass is 9.85. The van der Waals surface area contributed by atoms with Crippen LogP contribution in [-0.4, -0.2) is 11.7 Å². The van der Waals surface area contributed by atoms with Crippen molar-refractivity contribution in [2.24, 2.45) is 11.1 Å². The number of carbonyl (C=O) groups is 1. The van der Waals surface area contributed by atoms with E-state index in [9.17, 15) is 4.79 Å². The van der Waals surface area contributed by atoms with Gasteiger partial charge in [-0.15, -0.1) is 0 Å². The van der Waals surface area contributed by atoms with Crippen molar-refractivity contribution >= 4 is 11.7 Å². The first-order valence-electron chi connectivity index (χ1n) is 5.07. The van der Waals surface area contributed by atoms with Gasteiger partial charge in [0.15, 0.2) is 0 Å². The van der Waals surface area contributed by atoms with Crippen LogP contribution in [0.3, 0.4) is 0 Å². The van der Waals surface area contributed by atoms with Crippen LogP contribution in [0.2, 0.25) is 0 Å². The molecule has 15 heavy (non-hydrogen) atoms. The van der Waals surface area contributed by atoms with Gasteiger partial charge in [-0.05, 0) is 31.8 Å². The fourth-order valence-corrected chi connectivity index (χ4v) is 1.52. The number of nitrogens with zero attached hydrogens (tertiary/aromatic N) is 1. The summed E-state index contributed by atoms with van der Waals surface area (Å²) in [6.45, 7) is 9.29. The standard InChI is InChI=1S/C12H17NO2/c1-8(2)11-6-5-9(3)12(7-11)13-15-10(4)14/h5,11H,1,6-7H2,2-4H3/b13-12-. The van der Waals surface area contributed by atoms with Gasteiger partial charge in [-0.1, -0.05) is 23.4 Å². The Morgan fingerprint density at radius 1 is 1.60 bits per heavy atom. The third kappa shape index (κ3) is 3.35. The fraction of sp³-hybridized carbons (Fsp3) is 0.500. The summed E-state index contributed by atoms with van der Waals surface area (Å²) >= 11 is 0. The predicted octanol–water partition coefficient (Wildman–Crippen LogP) is 2.84. The molecule has 0 aromatic rings. The first-order chi connectivity index (χ1) is 7.00. The Kier molecular flexibility index (Phi) is 3.83. The van der Waals surface area contributed by atoms with Crippen molar-refractivity contribution in [3.8, 4) is 0 Å². The molecule has 82 valence electrons. The molecule has 0 heterocycles. The largest absolute Gasteiger partial charge is 0.331 e. The van der Waals surface area contributed by atoms with Crippen molar-refractivity contribution in [1.29, 1.82) is 0 Å². The molecule has 1 aliphatic rings. The first kappa shape index (κ1) is 11.7. The Hall–Kier alpha value is -1.38. The molecule has 0 saturated heterocycles. The van der Waals surface area contributed by atoms with Crippen LogP contribution in [0, 0.1) is 5.92 Å². The summed E-state index contributed by atoms with van der Waals surface area (Å²) in [6, 6.07) is 0. The average molecular weight is 207 g/mol. The van der Waals surface area contributed by atoms with E-state index in [1.807, 2.05) is 13.8 Å². The smallest absolute Gasteiger partial charge is 0.318 e. The Morgan fingerprint density at radius 3 is 2.80 bits per heavy atom. The van der Waals surface area contributed by atoms with E-state index in [2.05, 4.69) is 22.6 Å². The molecule has 0 aromatic heterocycles. The topological polar surface area (TPSA) is 38.7 Å². The second-order valence-electron chi connectivity index (χ2n) is 3.99. The Morgan fingerprint density at radius 2 is 2.27 bits per heavy atom. The first-order valence-corrected chi connectivity index (χ1v) is 5.07. The highest BCUT2D eigenvalue weighted by Crippen LogP contribution is 2.26. The highest BCUT2D eigenvalue weighted by Gasteiger charge is 2.19. The molecule has 0 fully saturated rings. The van der Waals surface area contributed by atoms with Gasteiger partial charge < -0.3 is 4.84 Å². The normalized spacial score (nSPS) is 23.5. The highest BCUT2D eigenvalue weighted by molar-refractivity contribution is 6.00. The van der Waals surface area contributed by atoms with Gasteiger partial charge in [0, 0.05) is 13.3 Å². The van der Waals surface area contributed by atoms with Crippen LogP contribution in [0.1, 0.15) is 33.6 Å². The minimum atomic E-state index is -0.382. The summed E-state index contributed by atoms with van der Waals surface area (Å²) < 4.78 is 0. The van der Waals surface area contributed by atoms with Crippen molar-refractivity contribution in [2.45, 2.75) is 33.6 Å². The summed E-state index contributed by atoms with van der Waals surface area (Å²) in [5.74, 6) is 0.0377. The van der Waals surface area contributed by atoms with Gasteiger partial charge in [0.2, 0.25) is 0 Å². The van der Waals surface area contributed by atoms with Crippen molar-refractivity contribution in [1.82, 2.24) is 0 Å². The van der Waals surface area contributed by atoms with E-state index in [0.717, 1.165) is 29.7 Å². The quantitative estimate of drug-likeness (QED) is 0.397. The van der Waals surface area contributed by atoms with E-state index >= 15 is 0 Å². The van der Waals surface area contributed by atoms with E-state index in [-0.39, 0.29) is 5.97 Å². The second kappa shape index (κ2) is 4.91. The number of allylic oxidation sites excluding steroid dienone is 3. The number of rotatable bonds is 2. The number of oxime groups is 1. The molecule has 0 amide bonds. The van der Waals surface area contributed by atoms with E-state index in [0.29, 0.717) is 5.92 Å². The van der Waals surface area contributed by atoms with Gasteiger partial charge in [0.1, 0.15) is 0 Å². The maximum Gasteiger partial charge on any atom is 0.331 e. The molecule has 0 spiro atoms. The van der Waals surface area contributed by atoms with Gasteiger partial charge in [-0.25, -0.2) is 4.79 Å². The third-order valence-corrected chi connectivity index (χ3v) is 2.58. The van der Waals surface area contributed by atoms with E-state index in [1.165, 1.54) is 6.92 Å². The van der Waals surface area contributed by atoms with Crippen molar-refractivity contribution < 1.29 is 9.63 Å². The Labute approximate surface area is 90.5 Å². The lowest BCUT2D eigenvalue weighted by Crippen LogP contribution is -2.16. The molecule has 3 heteroatoms. The van der Waals surface area contributed by atoms with Gasteiger partial charge in [-0.3, -0.25) is 0 Å². The molecule has 0 radical (unpaired) electrons. The summed E-state index contributed by atoms with van der Waals surface area (Å²) in [7, 11) is 0. The summed E-state index contributed by atoms with van der Waals surface area (Å²) in [5, 5.41) is 3.85. The molecule has 3 nitrogen and oxygen atoms in total. The molecular formula is C12H17NO2. The lowest BCUT2D eigenvalue weighted by molar-refractivity contribution is -0.140. The second-order valence-corrected chi connectivity index (χ2v) is 3.99. The van der Waals surface area contributed by atoms with Crippen LogP contribution in [-0.2, 0) is 9.63 Å². The zero-order chi connectivity index (χ0) is 11.4. The Balaban J connectivity index is 2.75. The van der Waals surface area contributed by atoms with Crippen molar-refractivity contribution in [2.75, 3.05) is 0 Å². The summed E-state index contributed by atoms with van der Waals surface area (Å²) in [5.41, 5.74) is 3.09. The van der Waals surface area contributed by atoms with Crippen LogP contribution < -0.4 is 0 Å². The maximum absolute atomic E-state index is 10.6. The zero-order valence-electron chi connectivity index (χ0n) is 9.54. The molecule has 0 aliphatic heterocycles. The molecule has 1 aliphatic carbocycles. The lowest BCUT2D eigenvalue weighted by Gasteiger charge is -2.21. The maximum atomic E-state index is 10.6. The van der Waals surface area contributed by atoms with E-state index in [4.69, 9.17) is 0 Å². The Bertz CT molecular complexity index is 340. The van der Waals surface area contributed by atoms with Crippen molar-refractivity contribution in [3.63, 3.8) is 0 Å². The van der Waals surface area contributed by atoms with Gasteiger partial charge >= 0.3 is 5.97 Å². The van der Waals surface area contributed by atoms with Crippen LogP contribution in [0.4, 0.5) is 0 Å².